The zero-order valence-electron chi connectivity index (χ0n) is 18.7. The van der Waals surface area contributed by atoms with Crippen molar-refractivity contribution in [1.29, 1.82) is 0 Å². The summed E-state index contributed by atoms with van der Waals surface area (Å²) in [6.45, 7) is 2.41. The monoisotopic (exact) mass is 542 g/mol. The van der Waals surface area contributed by atoms with Crippen LogP contribution in [-0.4, -0.2) is 65.3 Å². The van der Waals surface area contributed by atoms with Crippen LogP contribution in [0.3, 0.4) is 0 Å². The highest BCUT2D eigenvalue weighted by molar-refractivity contribution is 5.10. The Labute approximate surface area is 194 Å². The summed E-state index contributed by atoms with van der Waals surface area (Å²) < 4.78 is 170. The molecule has 1 rings (SSSR count). The van der Waals surface area contributed by atoms with Crippen molar-refractivity contribution >= 4 is 0 Å². The predicted molar refractivity (Wildman–Crippen MR) is 101 cm³/mol. The van der Waals surface area contributed by atoms with Gasteiger partial charge in [0.05, 0.1) is 6.67 Å². The lowest BCUT2D eigenvalue weighted by Crippen LogP contribution is -2.70. The summed E-state index contributed by atoms with van der Waals surface area (Å²) in [5.41, 5.74) is 0. The first kappa shape index (κ1) is 31.5. The average molecular weight is 542 g/mol. The van der Waals surface area contributed by atoms with E-state index in [-0.39, 0.29) is 6.67 Å². The van der Waals surface area contributed by atoms with Crippen molar-refractivity contribution in [2.24, 2.45) is 0 Å². The molecule has 1 aliphatic rings. The first-order valence-corrected chi connectivity index (χ1v) is 10.9. The first-order valence-electron chi connectivity index (χ1n) is 10.9. The molecule has 0 saturated heterocycles. The predicted octanol–water partition coefficient (Wildman–Crippen LogP) is 7.91. The highest BCUT2D eigenvalue weighted by atomic mass is 19.4. The third-order valence-electron chi connectivity index (χ3n) is 5.58. The number of halogens is 13. The third-order valence-corrected chi connectivity index (χ3v) is 5.58. The van der Waals surface area contributed by atoms with Gasteiger partial charge in [0, 0.05) is 31.9 Å². The SMILES string of the molecule is CCCCCCCCN1C=CN(CCCC(F)(F)C(F)(F)C(F)(F)C(F)(F)C(F)(F)C(F)(F)F)C1. The molecular formula is C20H27F13N2. The van der Waals surface area contributed by atoms with Crippen LogP contribution in [0.5, 0.6) is 0 Å². The van der Waals surface area contributed by atoms with Gasteiger partial charge in [0.15, 0.2) is 0 Å². The van der Waals surface area contributed by atoms with Gasteiger partial charge in [-0.2, -0.15) is 57.1 Å². The van der Waals surface area contributed by atoms with E-state index in [4.69, 9.17) is 0 Å². The summed E-state index contributed by atoms with van der Waals surface area (Å²) in [5, 5.41) is 0. The number of hydrogen-bond acceptors (Lipinski definition) is 2. The maximum absolute atomic E-state index is 13.8. The minimum absolute atomic E-state index is 0.156. The maximum Gasteiger partial charge on any atom is 0.460 e. The molecule has 0 aromatic rings. The van der Waals surface area contributed by atoms with Gasteiger partial charge >= 0.3 is 35.8 Å². The van der Waals surface area contributed by atoms with Crippen molar-refractivity contribution in [3.8, 4) is 0 Å². The third kappa shape index (κ3) is 6.60. The second-order valence-electron chi connectivity index (χ2n) is 8.44. The van der Waals surface area contributed by atoms with Crippen LogP contribution in [0, 0.1) is 0 Å². The molecule has 0 radical (unpaired) electrons. The Kier molecular flexibility index (Phi) is 10.1. The fourth-order valence-electron chi connectivity index (χ4n) is 3.37. The van der Waals surface area contributed by atoms with Crippen LogP contribution in [0.15, 0.2) is 12.4 Å². The lowest BCUT2D eigenvalue weighted by molar-refractivity contribution is -0.440. The zero-order valence-corrected chi connectivity index (χ0v) is 18.7. The molecule has 0 aromatic carbocycles. The van der Waals surface area contributed by atoms with Gasteiger partial charge in [0.2, 0.25) is 0 Å². The van der Waals surface area contributed by atoms with Gasteiger partial charge in [-0.15, -0.1) is 0 Å². The van der Waals surface area contributed by atoms with Gasteiger partial charge in [-0.1, -0.05) is 39.0 Å². The topological polar surface area (TPSA) is 6.48 Å². The molecule has 0 fully saturated rings. The highest BCUT2D eigenvalue weighted by Gasteiger charge is 2.90. The Bertz CT molecular complexity index is 689. The van der Waals surface area contributed by atoms with Crippen LogP contribution < -0.4 is 0 Å². The lowest BCUT2D eigenvalue weighted by atomic mass is 9.92. The van der Waals surface area contributed by atoms with Crippen molar-refractivity contribution in [2.75, 3.05) is 19.8 Å². The number of alkyl halides is 13. The fraction of sp³-hybridized carbons (Fsp3) is 0.900. The molecule has 0 saturated carbocycles. The minimum Gasteiger partial charge on any atom is -0.359 e. The van der Waals surface area contributed by atoms with Gasteiger partial charge in [-0.3, -0.25) is 0 Å². The van der Waals surface area contributed by atoms with Crippen LogP contribution in [-0.2, 0) is 0 Å². The fourth-order valence-corrected chi connectivity index (χ4v) is 3.37. The molecule has 15 heteroatoms. The molecule has 0 unspecified atom stereocenters. The van der Waals surface area contributed by atoms with Crippen molar-refractivity contribution < 1.29 is 57.1 Å². The first-order chi connectivity index (χ1) is 15.8. The van der Waals surface area contributed by atoms with E-state index in [9.17, 15) is 57.1 Å². The molecule has 0 aliphatic carbocycles. The van der Waals surface area contributed by atoms with Crippen molar-refractivity contribution in [1.82, 2.24) is 9.80 Å². The van der Waals surface area contributed by atoms with E-state index >= 15 is 0 Å². The van der Waals surface area contributed by atoms with Gasteiger partial charge in [0.1, 0.15) is 0 Å². The number of unbranched alkanes of at least 4 members (excludes halogenated alkanes) is 5. The molecule has 1 heterocycles. The molecule has 35 heavy (non-hydrogen) atoms. The smallest absolute Gasteiger partial charge is 0.359 e. The molecule has 0 bridgehead atoms. The summed E-state index contributed by atoms with van der Waals surface area (Å²) in [4.78, 5) is 3.11. The standard InChI is InChI=1S/C20H27F13N2/c1-2-3-4-5-6-7-10-34-12-13-35(14-34)11-8-9-15(21,22)16(23,24)17(25,26)18(27,28)19(29,30)20(31,32)33/h12-13H,2-11,14H2,1H3. The Balaban J connectivity index is 2.68. The van der Waals surface area contributed by atoms with E-state index in [1.165, 1.54) is 11.1 Å². The van der Waals surface area contributed by atoms with Crippen LogP contribution in [0.25, 0.3) is 0 Å². The molecule has 0 spiro atoms. The van der Waals surface area contributed by atoms with Gasteiger partial charge < -0.3 is 9.80 Å². The Morgan fingerprint density at radius 3 is 1.46 bits per heavy atom. The van der Waals surface area contributed by atoms with Crippen molar-refractivity contribution in [3.63, 3.8) is 0 Å². The van der Waals surface area contributed by atoms with Crippen LogP contribution >= 0.6 is 0 Å². The largest absolute Gasteiger partial charge is 0.460 e. The quantitative estimate of drug-likeness (QED) is 0.153. The van der Waals surface area contributed by atoms with Gasteiger partial charge in [0.25, 0.3) is 0 Å². The molecule has 0 N–H and O–H groups in total. The van der Waals surface area contributed by atoms with E-state index in [0.29, 0.717) is 6.54 Å². The molecule has 0 atom stereocenters. The Hall–Kier alpha value is -1.57. The average Bonchev–Trinajstić information content (AvgIpc) is 3.16. The number of rotatable bonds is 15. The maximum atomic E-state index is 13.8. The number of hydrogen-bond donors (Lipinski definition) is 0. The van der Waals surface area contributed by atoms with Gasteiger partial charge in [-0.25, -0.2) is 0 Å². The summed E-state index contributed by atoms with van der Waals surface area (Å²) in [6.07, 6.45) is -1.49. The second kappa shape index (κ2) is 11.2. The van der Waals surface area contributed by atoms with Crippen molar-refractivity contribution in [2.45, 2.75) is 94.1 Å². The summed E-state index contributed by atoms with van der Waals surface area (Å²) in [5.74, 6) is -36.5. The highest BCUT2D eigenvalue weighted by Crippen LogP contribution is 2.60. The van der Waals surface area contributed by atoms with Crippen molar-refractivity contribution in [3.05, 3.63) is 12.4 Å². The molecule has 2 nitrogen and oxygen atoms in total. The molecule has 208 valence electrons. The van der Waals surface area contributed by atoms with E-state index in [0.717, 1.165) is 38.5 Å². The van der Waals surface area contributed by atoms with Crippen LogP contribution in [0.2, 0.25) is 0 Å². The van der Waals surface area contributed by atoms with Gasteiger partial charge in [-0.05, 0) is 12.8 Å². The number of nitrogens with zero attached hydrogens (tertiary/aromatic N) is 2. The molecule has 0 amide bonds. The van der Waals surface area contributed by atoms with Crippen LogP contribution in [0.4, 0.5) is 57.1 Å². The van der Waals surface area contributed by atoms with Crippen LogP contribution in [0.1, 0.15) is 58.3 Å². The van der Waals surface area contributed by atoms with E-state index in [1.807, 2.05) is 0 Å². The summed E-state index contributed by atoms with van der Waals surface area (Å²) in [7, 11) is 0. The minimum atomic E-state index is -7.85. The lowest BCUT2D eigenvalue weighted by Gasteiger charge is -2.39. The normalized spacial score (nSPS) is 16.5. The summed E-state index contributed by atoms with van der Waals surface area (Å²) >= 11 is 0. The molecule has 0 aromatic heterocycles. The Morgan fingerprint density at radius 1 is 0.543 bits per heavy atom. The zero-order chi connectivity index (χ0) is 27.3. The molecular weight excluding hydrogens is 515 g/mol. The van der Waals surface area contributed by atoms with E-state index in [1.54, 1.807) is 11.1 Å². The van der Waals surface area contributed by atoms with E-state index in [2.05, 4.69) is 6.92 Å². The second-order valence-corrected chi connectivity index (χ2v) is 8.44. The Morgan fingerprint density at radius 2 is 0.971 bits per heavy atom. The van der Waals surface area contributed by atoms with E-state index < -0.39 is 55.2 Å². The molecule has 1 aliphatic heterocycles. The summed E-state index contributed by atoms with van der Waals surface area (Å²) in [6, 6.07) is 0.